The number of nitrogens with zero attached hydrogens (tertiary/aromatic N) is 9. The molecular weight excluding hydrogens is 524 g/mol. The number of benzene rings is 2. The molecule has 0 aliphatic heterocycles. The van der Waals surface area contributed by atoms with Crippen LogP contribution in [0.3, 0.4) is 0 Å². The average Bonchev–Trinajstić information content (AvgIpc) is 3.83. The summed E-state index contributed by atoms with van der Waals surface area (Å²) in [6, 6.07) is 26.8. The molecular formula is C32H26N10. The van der Waals surface area contributed by atoms with E-state index in [1.807, 2.05) is 48.9 Å². The van der Waals surface area contributed by atoms with Crippen LogP contribution < -0.4 is 5.73 Å². The number of aromatic nitrogens is 9. The molecule has 0 spiro atoms. The third kappa shape index (κ3) is 4.03. The lowest BCUT2D eigenvalue weighted by Gasteiger charge is -2.17. The number of rotatable bonds is 6. The Hall–Kier alpha value is -5.64. The Labute approximate surface area is 241 Å². The summed E-state index contributed by atoms with van der Waals surface area (Å²) in [6.45, 7) is 0. The van der Waals surface area contributed by atoms with E-state index in [-0.39, 0.29) is 6.04 Å². The number of aryl methyl sites for hydroxylation is 1. The van der Waals surface area contributed by atoms with E-state index < -0.39 is 0 Å². The highest BCUT2D eigenvalue weighted by Crippen LogP contribution is 2.38. The average molecular weight is 551 g/mol. The molecule has 1 atom stereocenters. The monoisotopic (exact) mass is 550 g/mol. The van der Waals surface area contributed by atoms with Gasteiger partial charge in [-0.05, 0) is 72.0 Å². The molecule has 8 rings (SSSR count). The van der Waals surface area contributed by atoms with Gasteiger partial charge in [0.2, 0.25) is 0 Å². The molecule has 10 nitrogen and oxygen atoms in total. The van der Waals surface area contributed by atoms with Gasteiger partial charge in [0.15, 0.2) is 17.3 Å². The van der Waals surface area contributed by atoms with E-state index in [0.717, 1.165) is 47.5 Å². The van der Waals surface area contributed by atoms with Gasteiger partial charge >= 0.3 is 0 Å². The molecule has 1 aliphatic rings. The maximum Gasteiger partial charge on any atom is 0.167 e. The van der Waals surface area contributed by atoms with Gasteiger partial charge in [-0.3, -0.25) is 4.57 Å². The number of hydrogen-bond donors (Lipinski definition) is 1. The predicted molar refractivity (Wildman–Crippen MR) is 159 cm³/mol. The fraction of sp³-hybridized carbons (Fsp3) is 0.125. The lowest BCUT2D eigenvalue weighted by Crippen LogP contribution is -2.11. The van der Waals surface area contributed by atoms with E-state index in [2.05, 4.69) is 71.9 Å². The first-order valence-corrected chi connectivity index (χ1v) is 13.9. The quantitative estimate of drug-likeness (QED) is 0.311. The van der Waals surface area contributed by atoms with Crippen LogP contribution in [0.4, 0.5) is 5.82 Å². The highest BCUT2D eigenvalue weighted by atomic mass is 15.3. The van der Waals surface area contributed by atoms with Crippen LogP contribution >= 0.6 is 0 Å². The standard InChI is InChI=1S/C32H26N10/c33-30-25(8-4-15-34-30)31-37-26-12-14-28(41-17-5-16-36-41)38-32(26)42(31)23-10-11-24-22(19-23)9-13-27(24)40-20-35-39-29(40)18-21-6-2-1-3-7-21/h1-8,10-12,14-17,19-20,27H,9,13,18H2,(H2,33,34)/t27-/m0/s1. The second-order valence-corrected chi connectivity index (χ2v) is 10.4. The maximum atomic E-state index is 6.35. The van der Waals surface area contributed by atoms with Crippen LogP contribution in [-0.2, 0) is 12.8 Å². The highest BCUT2D eigenvalue weighted by Gasteiger charge is 2.27. The van der Waals surface area contributed by atoms with Gasteiger partial charge in [0.25, 0.3) is 0 Å². The molecule has 2 N–H and O–H groups in total. The molecule has 0 amide bonds. The van der Waals surface area contributed by atoms with Gasteiger partial charge in [0.1, 0.15) is 23.5 Å². The minimum Gasteiger partial charge on any atom is -0.383 e. The lowest BCUT2D eigenvalue weighted by molar-refractivity contribution is 0.557. The maximum absolute atomic E-state index is 6.35. The first kappa shape index (κ1) is 24.2. The Morgan fingerprint density at radius 3 is 2.69 bits per heavy atom. The Balaban J connectivity index is 1.23. The van der Waals surface area contributed by atoms with Crippen molar-refractivity contribution in [2.75, 3.05) is 5.73 Å². The number of nitrogen functional groups attached to an aromatic ring is 1. The summed E-state index contributed by atoms with van der Waals surface area (Å²) in [6.07, 6.45) is 9.83. The Morgan fingerprint density at radius 1 is 0.905 bits per heavy atom. The van der Waals surface area contributed by atoms with Gasteiger partial charge in [0, 0.05) is 30.7 Å². The molecule has 42 heavy (non-hydrogen) atoms. The van der Waals surface area contributed by atoms with Crippen LogP contribution in [-0.4, -0.2) is 44.1 Å². The van der Waals surface area contributed by atoms with E-state index in [1.54, 1.807) is 17.1 Å². The number of anilines is 1. The molecule has 5 aromatic heterocycles. The molecule has 0 radical (unpaired) electrons. The fourth-order valence-electron chi connectivity index (χ4n) is 5.95. The number of pyridine rings is 2. The number of fused-ring (bicyclic) bond motifs is 2. The summed E-state index contributed by atoms with van der Waals surface area (Å²) < 4.78 is 6.04. The second kappa shape index (κ2) is 9.77. The topological polar surface area (TPSA) is 118 Å². The molecule has 10 heteroatoms. The van der Waals surface area contributed by atoms with Crippen molar-refractivity contribution in [2.45, 2.75) is 25.3 Å². The first-order valence-electron chi connectivity index (χ1n) is 13.9. The van der Waals surface area contributed by atoms with Gasteiger partial charge in [-0.2, -0.15) is 5.10 Å². The van der Waals surface area contributed by atoms with Crippen molar-refractivity contribution in [3.05, 3.63) is 126 Å². The molecule has 0 saturated heterocycles. The van der Waals surface area contributed by atoms with Crippen LogP contribution in [0.1, 0.15) is 35.0 Å². The van der Waals surface area contributed by atoms with E-state index in [1.165, 1.54) is 16.7 Å². The SMILES string of the molecule is Nc1ncccc1-c1nc2ccc(-n3cccn3)nc2n1-c1ccc2c(c1)CC[C@@H]2n1cnnc1Cc1ccccc1. The Morgan fingerprint density at radius 2 is 1.83 bits per heavy atom. The largest absolute Gasteiger partial charge is 0.383 e. The van der Waals surface area contributed by atoms with Gasteiger partial charge < -0.3 is 10.3 Å². The van der Waals surface area contributed by atoms with Crippen molar-refractivity contribution >= 4 is 17.0 Å². The smallest absolute Gasteiger partial charge is 0.167 e. The van der Waals surface area contributed by atoms with Crippen LogP contribution in [0.25, 0.3) is 34.1 Å². The van der Waals surface area contributed by atoms with Crippen LogP contribution in [0.5, 0.6) is 0 Å². The number of hydrogen-bond acceptors (Lipinski definition) is 7. The van der Waals surface area contributed by atoms with E-state index in [4.69, 9.17) is 15.7 Å². The van der Waals surface area contributed by atoms with Crippen molar-refractivity contribution in [2.24, 2.45) is 0 Å². The highest BCUT2D eigenvalue weighted by molar-refractivity contribution is 5.83. The van der Waals surface area contributed by atoms with Crippen molar-refractivity contribution in [1.29, 1.82) is 0 Å². The second-order valence-electron chi connectivity index (χ2n) is 10.4. The summed E-state index contributed by atoms with van der Waals surface area (Å²) in [5, 5.41) is 13.1. The van der Waals surface area contributed by atoms with Gasteiger partial charge in [-0.25, -0.2) is 19.6 Å². The van der Waals surface area contributed by atoms with Crippen molar-refractivity contribution in [1.82, 2.24) is 44.1 Å². The van der Waals surface area contributed by atoms with Gasteiger partial charge in [-0.15, -0.1) is 10.2 Å². The molecule has 0 fully saturated rings. The molecule has 204 valence electrons. The van der Waals surface area contributed by atoms with Gasteiger partial charge in [0.05, 0.1) is 11.6 Å². The normalized spacial score (nSPS) is 14.4. The molecule has 5 heterocycles. The van der Waals surface area contributed by atoms with Crippen LogP contribution in [0, 0.1) is 0 Å². The zero-order valence-corrected chi connectivity index (χ0v) is 22.6. The summed E-state index contributed by atoms with van der Waals surface area (Å²) in [4.78, 5) is 14.3. The predicted octanol–water partition coefficient (Wildman–Crippen LogP) is 4.97. The van der Waals surface area contributed by atoms with Crippen molar-refractivity contribution in [3.63, 3.8) is 0 Å². The minimum atomic E-state index is 0.181. The van der Waals surface area contributed by atoms with E-state index in [0.29, 0.717) is 17.5 Å². The lowest BCUT2D eigenvalue weighted by atomic mass is 10.1. The summed E-state index contributed by atoms with van der Waals surface area (Å²) >= 11 is 0. The van der Waals surface area contributed by atoms with E-state index >= 15 is 0 Å². The molecule has 7 aromatic rings. The summed E-state index contributed by atoms with van der Waals surface area (Å²) in [5.41, 5.74) is 13.3. The molecule has 0 saturated carbocycles. The Bertz CT molecular complexity index is 2040. The summed E-state index contributed by atoms with van der Waals surface area (Å²) in [5.74, 6) is 2.79. The molecule has 0 bridgehead atoms. The summed E-state index contributed by atoms with van der Waals surface area (Å²) in [7, 11) is 0. The molecule has 2 aromatic carbocycles. The van der Waals surface area contributed by atoms with Crippen molar-refractivity contribution < 1.29 is 0 Å². The third-order valence-electron chi connectivity index (χ3n) is 7.93. The van der Waals surface area contributed by atoms with Crippen LogP contribution in [0.15, 0.2) is 104 Å². The zero-order valence-electron chi connectivity index (χ0n) is 22.6. The van der Waals surface area contributed by atoms with Crippen LogP contribution in [0.2, 0.25) is 0 Å². The first-order chi connectivity index (χ1) is 20.7. The minimum absolute atomic E-state index is 0.181. The number of imidazole rings is 1. The van der Waals surface area contributed by atoms with Gasteiger partial charge in [-0.1, -0.05) is 36.4 Å². The fourth-order valence-corrected chi connectivity index (χ4v) is 5.95. The molecule has 1 aliphatic carbocycles. The number of nitrogens with two attached hydrogens (primary N) is 1. The molecule has 0 unspecified atom stereocenters. The Kier molecular flexibility index (Phi) is 5.63. The third-order valence-corrected chi connectivity index (χ3v) is 7.93. The van der Waals surface area contributed by atoms with E-state index in [9.17, 15) is 0 Å². The van der Waals surface area contributed by atoms with Crippen molar-refractivity contribution in [3.8, 4) is 22.9 Å². The zero-order chi connectivity index (χ0) is 28.0.